The molecule has 3 unspecified atom stereocenters. The Hall–Kier alpha value is -1.44. The molecule has 1 saturated heterocycles. The molecule has 1 fully saturated rings. The number of methoxy groups -OCH3 is 1. The van der Waals surface area contributed by atoms with Gasteiger partial charge in [0.25, 0.3) is 8.53 Å². The molecule has 1 aliphatic heterocycles. The molecule has 33 heavy (non-hydrogen) atoms. The van der Waals surface area contributed by atoms with Gasteiger partial charge < -0.3 is 28.5 Å². The molecule has 1 N–H and O–H groups in total. The van der Waals surface area contributed by atoms with Gasteiger partial charge in [0.2, 0.25) is 7.98 Å². The lowest BCUT2D eigenvalue weighted by Gasteiger charge is -2.37. The van der Waals surface area contributed by atoms with Crippen LogP contribution >= 0.6 is 8.53 Å². The number of nitrogens with zero attached hydrogens (tertiary/aromatic N) is 4. The molecule has 188 valence electrons. The molecule has 0 aliphatic carbocycles. The summed E-state index contributed by atoms with van der Waals surface area (Å²) in [4.78, 5) is 20.0. The van der Waals surface area contributed by atoms with Crippen LogP contribution in [0.15, 0.2) is 11.0 Å². The molecule has 11 heteroatoms. The maximum Gasteiger partial charge on any atom is 0.349 e. The first-order chi connectivity index (χ1) is 16.6. The highest BCUT2D eigenvalue weighted by Gasteiger charge is 2.47. The molecule has 0 bridgehead atoms. The Morgan fingerprint density at radius 2 is 2.06 bits per heavy atom. The van der Waals surface area contributed by atoms with E-state index in [-0.39, 0.29) is 32.1 Å². The van der Waals surface area contributed by atoms with Crippen LogP contribution in [-0.4, -0.2) is 78.5 Å². The summed E-state index contributed by atoms with van der Waals surface area (Å²) < 4.78 is 41.6. The summed E-state index contributed by atoms with van der Waals surface area (Å²) in [6, 6.07) is 0.267. The van der Waals surface area contributed by atoms with Crippen molar-refractivity contribution in [1.82, 2.24) is 14.2 Å². The van der Waals surface area contributed by atoms with Gasteiger partial charge in [-0.25, -0.2) is 16.0 Å². The average Bonchev–Trinajstić information content (AvgIpc) is 3.13. The largest absolute Gasteiger partial charge is 0.400 e. The zero-order chi connectivity index (χ0) is 26.7. The fourth-order valence-electron chi connectivity index (χ4n) is 3.53. The third-order valence-electron chi connectivity index (χ3n) is 5.08. The van der Waals surface area contributed by atoms with Crippen molar-refractivity contribution in [3.8, 4) is 0 Å². The molecule has 1 aromatic heterocycles. The zero-order valence-corrected chi connectivity index (χ0v) is 21.7. The Morgan fingerprint density at radius 3 is 2.58 bits per heavy atom. The van der Waals surface area contributed by atoms with Crippen LogP contribution in [0.4, 0.5) is 0 Å². The fourth-order valence-corrected chi connectivity index (χ4v) is 5.29. The Bertz CT molecular complexity index is 861. The normalized spacial score (nSPS) is 24.3. The Morgan fingerprint density at radius 1 is 1.42 bits per heavy atom. The molecular formula is C22H39N4O6P. The van der Waals surface area contributed by atoms with Crippen LogP contribution in [-0.2, 0) is 18.5 Å². The van der Waals surface area contributed by atoms with Gasteiger partial charge in [0.15, 0.2) is 6.23 Å². The van der Waals surface area contributed by atoms with E-state index in [9.17, 15) is 4.79 Å². The minimum absolute atomic E-state index is 0.0668. The Balaban J connectivity index is 0.00000194. The number of aryl methyl sites for hydroxylation is 2. The van der Waals surface area contributed by atoms with Gasteiger partial charge in [0.1, 0.15) is 18.8 Å². The molecule has 0 spiro atoms. The summed E-state index contributed by atoms with van der Waals surface area (Å²) in [6.45, 7) is 19.3. The highest BCUT2D eigenvalue weighted by Crippen LogP contribution is 2.50. The van der Waals surface area contributed by atoms with E-state index >= 15 is 0 Å². The zero-order valence-electron chi connectivity index (χ0n) is 22.8. The molecule has 2 rings (SSSR count). The maximum atomic E-state index is 12.6. The standard InChI is InChI=1S/C21H35N4O5P.CH4O/c1-13(2)25(14(3)4)31(28-11-10-22-8)30-18-17(7)29-20(19(18)27-9)24-12-15(5)16(6)23-21(24)26;1-2/h12-14,17-20H,10-11H2,1-7,9H3;2H,1H3/t17-,18?,19?,20-,31?;/m1./s1/i7D;2T. The maximum absolute atomic E-state index is 12.6. The first-order valence-electron chi connectivity index (χ1n) is 11.9. The predicted octanol–water partition coefficient (Wildman–Crippen LogP) is 3.07. The predicted molar refractivity (Wildman–Crippen MR) is 128 cm³/mol. The molecule has 0 amide bonds. The monoisotopic (exact) mass is 489 g/mol. The Kier molecular flexibility index (Phi) is 11.2. The third kappa shape index (κ3) is 7.52. The Labute approximate surface area is 201 Å². The minimum atomic E-state index is -1.55. The molecule has 0 saturated carbocycles. The van der Waals surface area contributed by atoms with Crippen molar-refractivity contribution >= 4 is 8.53 Å². The topological polar surface area (TPSA) is 99.6 Å². The summed E-state index contributed by atoms with van der Waals surface area (Å²) in [5, 5.41) is 3.50. The van der Waals surface area contributed by atoms with Crippen molar-refractivity contribution in [1.29, 1.82) is 1.43 Å². The number of ether oxygens (including phenoxy) is 2. The van der Waals surface area contributed by atoms with Gasteiger partial charge in [-0.1, -0.05) is 0 Å². The van der Waals surface area contributed by atoms with E-state index in [1.807, 2.05) is 6.92 Å². The van der Waals surface area contributed by atoms with Crippen molar-refractivity contribution < 1.29 is 25.0 Å². The molecule has 5 atom stereocenters. The van der Waals surface area contributed by atoms with Crippen LogP contribution in [0.5, 0.6) is 0 Å². The van der Waals surface area contributed by atoms with Crippen LogP contribution in [0.3, 0.4) is 0 Å². The van der Waals surface area contributed by atoms with E-state index in [2.05, 4.69) is 47.3 Å². The van der Waals surface area contributed by atoms with Crippen molar-refractivity contribution in [3.05, 3.63) is 39.4 Å². The van der Waals surface area contributed by atoms with Gasteiger partial charge >= 0.3 is 5.69 Å². The molecule has 2 heterocycles. The second-order valence-electron chi connectivity index (χ2n) is 8.05. The molecular weight excluding hydrogens is 447 g/mol. The first-order valence-corrected chi connectivity index (χ1v) is 11.9. The highest BCUT2D eigenvalue weighted by atomic mass is 31.2. The summed E-state index contributed by atoms with van der Waals surface area (Å²) in [7, 11) is 1.27. The number of aliphatic hydroxyl groups excluding tert-OH is 1. The molecule has 0 aromatic carbocycles. The van der Waals surface area contributed by atoms with Gasteiger partial charge in [-0.2, -0.15) is 4.98 Å². The quantitative estimate of drug-likeness (QED) is 0.304. The van der Waals surface area contributed by atoms with Crippen molar-refractivity contribution in [2.45, 2.75) is 85.1 Å². The molecule has 1 aromatic rings. The van der Waals surface area contributed by atoms with Gasteiger partial charge in [-0.05, 0) is 54.0 Å². The van der Waals surface area contributed by atoms with E-state index in [0.29, 0.717) is 5.69 Å². The van der Waals surface area contributed by atoms with E-state index in [1.165, 1.54) is 18.8 Å². The van der Waals surface area contributed by atoms with Crippen LogP contribution in [0.1, 0.15) is 53.5 Å². The number of aromatic nitrogens is 2. The van der Waals surface area contributed by atoms with E-state index in [0.717, 1.165) is 5.56 Å². The second kappa shape index (κ2) is 14.1. The van der Waals surface area contributed by atoms with Crippen LogP contribution in [0.25, 0.3) is 4.85 Å². The van der Waals surface area contributed by atoms with Crippen LogP contribution < -0.4 is 5.69 Å². The summed E-state index contributed by atoms with van der Waals surface area (Å²) in [5.41, 5.74) is 1.07. The summed E-state index contributed by atoms with van der Waals surface area (Å²) in [5.74, 6) is 0. The van der Waals surface area contributed by atoms with Gasteiger partial charge in [0.05, 0.1) is 6.10 Å². The number of rotatable bonds is 10. The number of hydrogen-bond donors (Lipinski definition) is 1. The van der Waals surface area contributed by atoms with E-state index < -0.39 is 38.8 Å². The average molecular weight is 490 g/mol. The second-order valence-corrected chi connectivity index (χ2v) is 9.46. The smallest absolute Gasteiger partial charge is 0.349 e. The third-order valence-corrected chi connectivity index (χ3v) is 7.21. The summed E-state index contributed by atoms with van der Waals surface area (Å²) in [6.07, 6.45) is -0.952. The van der Waals surface area contributed by atoms with Crippen molar-refractivity contribution in [3.63, 3.8) is 0 Å². The van der Waals surface area contributed by atoms with Crippen LogP contribution in [0, 0.1) is 20.4 Å². The lowest BCUT2D eigenvalue weighted by Crippen LogP contribution is -2.40. The van der Waals surface area contributed by atoms with Crippen molar-refractivity contribution in [2.75, 3.05) is 27.4 Å². The number of hydrogen-bond acceptors (Lipinski definition) is 8. The van der Waals surface area contributed by atoms with Gasteiger partial charge in [-0.15, -0.1) is 0 Å². The molecule has 1 aliphatic rings. The van der Waals surface area contributed by atoms with E-state index in [4.69, 9.17) is 27.9 Å². The molecule has 0 radical (unpaired) electrons. The van der Waals surface area contributed by atoms with E-state index in [1.54, 1.807) is 13.1 Å². The summed E-state index contributed by atoms with van der Waals surface area (Å²) >= 11 is 0. The lowest BCUT2D eigenvalue weighted by atomic mass is 10.1. The van der Waals surface area contributed by atoms with Crippen LogP contribution in [0.2, 0.25) is 0 Å². The first kappa shape index (κ1) is 26.2. The van der Waals surface area contributed by atoms with Gasteiger partial charge in [0, 0.05) is 39.6 Å². The molecule has 10 nitrogen and oxygen atoms in total. The minimum Gasteiger partial charge on any atom is -0.400 e. The van der Waals surface area contributed by atoms with Crippen molar-refractivity contribution in [2.24, 2.45) is 0 Å². The fraction of sp³-hybridized carbons (Fsp3) is 0.773. The number of aliphatic hydroxyl groups is 1. The highest BCUT2D eigenvalue weighted by molar-refractivity contribution is 7.44. The van der Waals surface area contributed by atoms with Gasteiger partial charge in [-0.3, -0.25) is 4.57 Å². The SMILES string of the molecule is [2H]C[C@H]1O[C@@H](n2cc(C)c(C)nc2=O)C(OC)C1OP(OCC[N+]#[C-])N(C(C)C)C(C)C.[3H]OC. The lowest BCUT2D eigenvalue weighted by molar-refractivity contribution is -0.0511.